The highest BCUT2D eigenvalue weighted by molar-refractivity contribution is 5.35. The summed E-state index contributed by atoms with van der Waals surface area (Å²) in [5, 5.41) is 6.72. The number of anilines is 2. The number of nitrogens with one attached hydrogen (secondary N) is 1. The van der Waals surface area contributed by atoms with Gasteiger partial charge in [-0.15, -0.1) is 5.10 Å². The predicted octanol–water partition coefficient (Wildman–Crippen LogP) is 0.869. The van der Waals surface area contributed by atoms with Gasteiger partial charge in [0.05, 0.1) is 0 Å². The van der Waals surface area contributed by atoms with E-state index in [9.17, 15) is 0 Å². The van der Waals surface area contributed by atoms with Gasteiger partial charge in [-0.2, -0.15) is 4.98 Å². The predicted molar refractivity (Wildman–Crippen MR) is 56.0 cm³/mol. The quantitative estimate of drug-likeness (QED) is 0.734. The minimum Gasteiger partial charge on any atom is -0.368 e. The van der Waals surface area contributed by atoms with Crippen molar-refractivity contribution >= 4 is 11.9 Å². The first kappa shape index (κ1) is 9.30. The molecule has 2 heterocycles. The van der Waals surface area contributed by atoms with E-state index in [1.54, 1.807) is 0 Å². The lowest BCUT2D eigenvalue weighted by atomic mass is 9.95. The summed E-state index contributed by atoms with van der Waals surface area (Å²) in [6.45, 7) is 6.62. The maximum absolute atomic E-state index is 5.48. The molecule has 1 atom stereocenters. The Bertz CT molecular complexity index is 306. The van der Waals surface area contributed by atoms with Crippen LogP contribution in [0, 0.1) is 11.8 Å². The number of hydrogen-bond acceptors (Lipinski definition) is 4. The van der Waals surface area contributed by atoms with Crippen LogP contribution < -0.4 is 10.6 Å². The summed E-state index contributed by atoms with van der Waals surface area (Å²) in [6, 6.07) is 0. The number of hydrogen-bond donors (Lipinski definition) is 2. The molecule has 1 aromatic heterocycles. The van der Waals surface area contributed by atoms with Gasteiger partial charge in [0.15, 0.2) is 0 Å². The van der Waals surface area contributed by atoms with E-state index in [1.165, 1.54) is 6.42 Å². The average Bonchev–Trinajstić information content (AvgIpc) is 2.70. The third kappa shape index (κ3) is 1.66. The lowest BCUT2D eigenvalue weighted by Crippen LogP contribution is -2.22. The van der Waals surface area contributed by atoms with E-state index in [0.717, 1.165) is 30.9 Å². The van der Waals surface area contributed by atoms with Crippen LogP contribution in [0.3, 0.4) is 0 Å². The molecule has 0 saturated carbocycles. The number of nitrogens with two attached hydrogens (primary N) is 1. The molecule has 0 aliphatic carbocycles. The smallest absolute Gasteiger partial charge is 0.246 e. The summed E-state index contributed by atoms with van der Waals surface area (Å²) in [7, 11) is 0. The Balaban J connectivity index is 2.02. The van der Waals surface area contributed by atoms with Crippen LogP contribution in [0.15, 0.2) is 0 Å². The molecular formula is C9H17N5. The molecule has 5 nitrogen and oxygen atoms in total. The first-order valence-corrected chi connectivity index (χ1v) is 5.09. The van der Waals surface area contributed by atoms with Crippen LogP contribution in [0.4, 0.5) is 11.9 Å². The Labute approximate surface area is 83.7 Å². The van der Waals surface area contributed by atoms with Crippen molar-refractivity contribution in [1.29, 1.82) is 0 Å². The van der Waals surface area contributed by atoms with Crippen molar-refractivity contribution in [3.05, 3.63) is 0 Å². The molecule has 2 rings (SSSR count). The van der Waals surface area contributed by atoms with Crippen LogP contribution in [-0.2, 0) is 0 Å². The summed E-state index contributed by atoms with van der Waals surface area (Å²) in [5.74, 6) is 2.63. The van der Waals surface area contributed by atoms with Gasteiger partial charge in [0.2, 0.25) is 11.9 Å². The zero-order valence-electron chi connectivity index (χ0n) is 8.70. The molecule has 1 aromatic rings. The van der Waals surface area contributed by atoms with E-state index < -0.39 is 0 Å². The van der Waals surface area contributed by atoms with Crippen molar-refractivity contribution in [2.24, 2.45) is 11.8 Å². The van der Waals surface area contributed by atoms with Gasteiger partial charge in [0.25, 0.3) is 0 Å². The molecule has 0 amide bonds. The molecule has 5 heteroatoms. The Kier molecular flexibility index (Phi) is 2.31. The second-order valence-electron chi connectivity index (χ2n) is 4.26. The van der Waals surface area contributed by atoms with Gasteiger partial charge in [0.1, 0.15) is 0 Å². The standard InChI is InChI=1S/C9H17N5/c1-6(2)7-3-4-14(5-7)9-11-8(10)12-13-9/h6-7H,3-5H2,1-2H3,(H3,10,11,12,13). The highest BCUT2D eigenvalue weighted by atomic mass is 15.4. The van der Waals surface area contributed by atoms with Gasteiger partial charge >= 0.3 is 0 Å². The number of aromatic amines is 1. The fourth-order valence-corrected chi connectivity index (χ4v) is 1.92. The van der Waals surface area contributed by atoms with E-state index in [-0.39, 0.29) is 0 Å². The van der Waals surface area contributed by atoms with Crippen molar-refractivity contribution in [3.63, 3.8) is 0 Å². The zero-order valence-corrected chi connectivity index (χ0v) is 8.70. The molecule has 1 saturated heterocycles. The van der Waals surface area contributed by atoms with Crippen molar-refractivity contribution in [1.82, 2.24) is 15.2 Å². The fraction of sp³-hybridized carbons (Fsp3) is 0.778. The first-order valence-electron chi connectivity index (χ1n) is 5.09. The normalized spacial score (nSPS) is 22.2. The van der Waals surface area contributed by atoms with Gasteiger partial charge in [-0.3, -0.25) is 0 Å². The lowest BCUT2D eigenvalue weighted by Gasteiger charge is -2.15. The maximum Gasteiger partial charge on any atom is 0.246 e. The second kappa shape index (κ2) is 3.48. The molecule has 0 radical (unpaired) electrons. The van der Waals surface area contributed by atoms with Crippen LogP contribution in [-0.4, -0.2) is 28.3 Å². The minimum absolute atomic E-state index is 0.396. The van der Waals surface area contributed by atoms with Crippen molar-refractivity contribution in [2.45, 2.75) is 20.3 Å². The van der Waals surface area contributed by atoms with E-state index in [0.29, 0.717) is 5.95 Å². The topological polar surface area (TPSA) is 70.8 Å². The molecular weight excluding hydrogens is 178 g/mol. The molecule has 0 bridgehead atoms. The van der Waals surface area contributed by atoms with Crippen LogP contribution in [0.2, 0.25) is 0 Å². The summed E-state index contributed by atoms with van der Waals surface area (Å²) in [5.41, 5.74) is 5.48. The zero-order chi connectivity index (χ0) is 10.1. The first-order chi connectivity index (χ1) is 6.66. The number of nitrogens with zero attached hydrogens (tertiary/aromatic N) is 3. The highest BCUT2D eigenvalue weighted by Crippen LogP contribution is 2.26. The molecule has 0 aromatic carbocycles. The van der Waals surface area contributed by atoms with Crippen LogP contribution in [0.5, 0.6) is 0 Å². The molecule has 1 unspecified atom stereocenters. The van der Waals surface area contributed by atoms with E-state index in [2.05, 4.69) is 33.9 Å². The number of nitrogen functional groups attached to an aromatic ring is 1. The van der Waals surface area contributed by atoms with E-state index >= 15 is 0 Å². The third-order valence-corrected chi connectivity index (χ3v) is 2.94. The monoisotopic (exact) mass is 195 g/mol. The maximum atomic E-state index is 5.48. The van der Waals surface area contributed by atoms with Gasteiger partial charge in [-0.05, 0) is 18.3 Å². The molecule has 1 aliphatic rings. The second-order valence-corrected chi connectivity index (χ2v) is 4.26. The van der Waals surface area contributed by atoms with Crippen LogP contribution in [0.1, 0.15) is 20.3 Å². The fourth-order valence-electron chi connectivity index (χ4n) is 1.92. The molecule has 1 fully saturated rings. The van der Waals surface area contributed by atoms with Crippen LogP contribution in [0.25, 0.3) is 0 Å². The van der Waals surface area contributed by atoms with Gasteiger partial charge in [-0.1, -0.05) is 13.8 Å². The SMILES string of the molecule is CC(C)C1CCN(c2n[nH]c(N)n2)C1. The number of rotatable bonds is 2. The van der Waals surface area contributed by atoms with Crippen molar-refractivity contribution < 1.29 is 0 Å². The molecule has 78 valence electrons. The highest BCUT2D eigenvalue weighted by Gasteiger charge is 2.26. The summed E-state index contributed by atoms with van der Waals surface area (Å²) in [6.07, 6.45) is 1.23. The number of aromatic nitrogens is 3. The summed E-state index contributed by atoms with van der Waals surface area (Å²) in [4.78, 5) is 6.32. The van der Waals surface area contributed by atoms with Crippen molar-refractivity contribution in [3.8, 4) is 0 Å². The Morgan fingerprint density at radius 1 is 1.57 bits per heavy atom. The number of H-pyrrole nitrogens is 1. The lowest BCUT2D eigenvalue weighted by molar-refractivity contribution is 0.422. The van der Waals surface area contributed by atoms with E-state index in [4.69, 9.17) is 5.73 Å². The average molecular weight is 195 g/mol. The summed E-state index contributed by atoms with van der Waals surface area (Å²) >= 11 is 0. The molecule has 14 heavy (non-hydrogen) atoms. The molecule has 3 N–H and O–H groups in total. The molecule has 1 aliphatic heterocycles. The largest absolute Gasteiger partial charge is 0.368 e. The van der Waals surface area contributed by atoms with Crippen LogP contribution >= 0.6 is 0 Å². The molecule has 0 spiro atoms. The Morgan fingerprint density at radius 2 is 2.36 bits per heavy atom. The van der Waals surface area contributed by atoms with Gasteiger partial charge in [0, 0.05) is 13.1 Å². The Hall–Kier alpha value is -1.26. The van der Waals surface area contributed by atoms with Gasteiger partial charge in [-0.25, -0.2) is 5.10 Å². The van der Waals surface area contributed by atoms with E-state index in [1.807, 2.05) is 0 Å². The van der Waals surface area contributed by atoms with Gasteiger partial charge < -0.3 is 10.6 Å². The summed E-state index contributed by atoms with van der Waals surface area (Å²) < 4.78 is 0. The minimum atomic E-state index is 0.396. The van der Waals surface area contributed by atoms with Crippen molar-refractivity contribution in [2.75, 3.05) is 23.7 Å². The Morgan fingerprint density at radius 3 is 2.86 bits per heavy atom. The third-order valence-electron chi connectivity index (χ3n) is 2.94.